The Morgan fingerprint density at radius 1 is 1.10 bits per heavy atom. The number of piperidine rings is 1. The highest BCUT2D eigenvalue weighted by molar-refractivity contribution is 7.89. The van der Waals surface area contributed by atoms with E-state index in [9.17, 15) is 17.6 Å². The number of fused-ring (bicyclic) bond motifs is 1. The topological polar surface area (TPSA) is 69.7 Å². The summed E-state index contributed by atoms with van der Waals surface area (Å²) in [4.78, 5) is 15.5. The fourth-order valence-corrected chi connectivity index (χ4v) is 7.15. The van der Waals surface area contributed by atoms with E-state index in [2.05, 4.69) is 24.1 Å². The molecule has 3 aliphatic heterocycles. The summed E-state index contributed by atoms with van der Waals surface area (Å²) in [5.41, 5.74) is -0.592. The van der Waals surface area contributed by atoms with Gasteiger partial charge in [-0.15, -0.1) is 0 Å². The number of nitrogens with zero attached hydrogens (tertiary/aromatic N) is 2. The van der Waals surface area contributed by atoms with Crippen LogP contribution in [0.3, 0.4) is 0 Å². The highest BCUT2D eigenvalue weighted by Gasteiger charge is 2.63. The Kier molecular flexibility index (Phi) is 5.24. The lowest BCUT2D eigenvalue weighted by Crippen LogP contribution is -2.53. The van der Waals surface area contributed by atoms with E-state index in [1.54, 1.807) is 0 Å². The molecule has 1 N–H and O–H groups in total. The zero-order chi connectivity index (χ0) is 20.9. The third-order valence-electron chi connectivity index (χ3n) is 7.06. The summed E-state index contributed by atoms with van der Waals surface area (Å²) in [5, 5.41) is 3.04. The molecule has 6 nitrogen and oxygen atoms in total. The second-order valence-electron chi connectivity index (χ2n) is 9.29. The number of carbonyl (C=O) groups is 1. The van der Waals surface area contributed by atoms with E-state index < -0.39 is 21.3 Å². The third kappa shape index (κ3) is 3.39. The Bertz CT molecular complexity index is 879. The molecular weight excluding hydrogens is 393 g/mol. The third-order valence-corrected chi connectivity index (χ3v) is 8.97. The number of hydrogen-bond donors (Lipinski definition) is 1. The highest BCUT2D eigenvalue weighted by Crippen LogP contribution is 2.56. The van der Waals surface area contributed by atoms with E-state index in [4.69, 9.17) is 0 Å². The Hall–Kier alpha value is -1.51. The van der Waals surface area contributed by atoms with E-state index >= 15 is 0 Å². The number of sulfonamides is 1. The van der Waals surface area contributed by atoms with Crippen LogP contribution in [0.4, 0.5) is 4.39 Å². The number of amides is 1. The highest BCUT2D eigenvalue weighted by atomic mass is 32.2. The van der Waals surface area contributed by atoms with E-state index in [1.165, 1.54) is 28.6 Å². The van der Waals surface area contributed by atoms with Gasteiger partial charge in [-0.1, -0.05) is 13.8 Å². The number of nitrogens with one attached hydrogen (secondary N) is 1. The number of carbonyl (C=O) groups excluding carboxylic acids is 1. The van der Waals surface area contributed by atoms with Gasteiger partial charge in [-0.2, -0.15) is 4.31 Å². The van der Waals surface area contributed by atoms with Gasteiger partial charge in [0.15, 0.2) is 0 Å². The van der Waals surface area contributed by atoms with Crippen molar-refractivity contribution in [3.63, 3.8) is 0 Å². The smallest absolute Gasteiger partial charge is 0.243 e. The standard InChI is InChI=1S/C21H30FN3O3S/c1-16(2)13-24-14-20(21(15-24)7-10-23-19(21)26)8-11-25(12-9-20)29(27,28)18-5-3-17(22)4-6-18/h3-6,16H,7-15H2,1-2H3,(H,23,26). The number of likely N-dealkylation sites (tertiary alicyclic amines) is 1. The van der Waals surface area contributed by atoms with E-state index in [0.29, 0.717) is 38.4 Å². The van der Waals surface area contributed by atoms with Crippen LogP contribution in [0.25, 0.3) is 0 Å². The minimum absolute atomic E-state index is 0.121. The molecule has 8 heteroatoms. The molecule has 4 rings (SSSR count). The first-order valence-corrected chi connectivity index (χ1v) is 11.9. The lowest BCUT2D eigenvalue weighted by molar-refractivity contribution is -0.133. The van der Waals surface area contributed by atoms with Crippen LogP contribution >= 0.6 is 0 Å². The van der Waals surface area contributed by atoms with Gasteiger partial charge in [0.1, 0.15) is 5.82 Å². The summed E-state index contributed by atoms with van der Waals surface area (Å²) in [5.74, 6) is 0.205. The zero-order valence-corrected chi connectivity index (χ0v) is 18.0. The molecule has 3 saturated heterocycles. The molecule has 1 aromatic rings. The van der Waals surface area contributed by atoms with Crippen LogP contribution in [-0.4, -0.2) is 62.8 Å². The number of benzene rings is 1. The van der Waals surface area contributed by atoms with Crippen molar-refractivity contribution >= 4 is 15.9 Å². The van der Waals surface area contributed by atoms with Crippen molar-refractivity contribution in [1.29, 1.82) is 0 Å². The second-order valence-corrected chi connectivity index (χ2v) is 11.2. The first-order chi connectivity index (χ1) is 13.7. The van der Waals surface area contributed by atoms with Crippen molar-refractivity contribution in [1.82, 2.24) is 14.5 Å². The SMILES string of the molecule is CC(C)CN1CC2(CCN(S(=O)(=O)c3ccc(F)cc3)CC2)C2(CCNC2=O)C1. The predicted octanol–water partition coefficient (Wildman–Crippen LogP) is 2.07. The zero-order valence-electron chi connectivity index (χ0n) is 17.2. The van der Waals surface area contributed by atoms with Crippen LogP contribution in [0.15, 0.2) is 29.2 Å². The first kappa shape index (κ1) is 20.8. The van der Waals surface area contributed by atoms with Crippen molar-refractivity contribution in [3.05, 3.63) is 30.1 Å². The molecule has 1 atom stereocenters. The van der Waals surface area contributed by atoms with Gasteiger partial charge >= 0.3 is 0 Å². The number of hydrogen-bond acceptors (Lipinski definition) is 4. The lowest BCUT2D eigenvalue weighted by atomic mass is 9.60. The summed E-state index contributed by atoms with van der Waals surface area (Å²) in [6, 6.07) is 5.00. The molecule has 0 saturated carbocycles. The van der Waals surface area contributed by atoms with Crippen LogP contribution in [0, 0.1) is 22.6 Å². The van der Waals surface area contributed by atoms with Crippen LogP contribution in [0.1, 0.15) is 33.1 Å². The predicted molar refractivity (Wildman–Crippen MR) is 108 cm³/mol. The van der Waals surface area contributed by atoms with Gasteiger partial charge in [-0.05, 0) is 49.4 Å². The van der Waals surface area contributed by atoms with Gasteiger partial charge in [0, 0.05) is 44.7 Å². The Balaban J connectivity index is 1.56. The summed E-state index contributed by atoms with van der Waals surface area (Å²) in [6.07, 6.45) is 2.18. The Morgan fingerprint density at radius 3 is 2.31 bits per heavy atom. The molecule has 0 bridgehead atoms. The van der Waals surface area contributed by atoms with Crippen molar-refractivity contribution in [2.75, 3.05) is 39.3 Å². The maximum atomic E-state index is 13.2. The van der Waals surface area contributed by atoms with Gasteiger partial charge in [0.05, 0.1) is 10.3 Å². The number of rotatable bonds is 4. The molecule has 1 aromatic carbocycles. The summed E-state index contributed by atoms with van der Waals surface area (Å²) >= 11 is 0. The molecule has 29 heavy (non-hydrogen) atoms. The maximum absolute atomic E-state index is 13.2. The summed E-state index contributed by atoms with van der Waals surface area (Å²) in [6.45, 7) is 8.43. The molecule has 0 radical (unpaired) electrons. The van der Waals surface area contributed by atoms with Gasteiger partial charge in [-0.25, -0.2) is 12.8 Å². The number of halogens is 1. The molecule has 160 valence electrons. The largest absolute Gasteiger partial charge is 0.356 e. The average molecular weight is 424 g/mol. The van der Waals surface area contributed by atoms with Gasteiger partial charge in [0.25, 0.3) is 0 Å². The lowest BCUT2D eigenvalue weighted by Gasteiger charge is -2.46. The summed E-state index contributed by atoms with van der Waals surface area (Å²) in [7, 11) is -3.65. The molecule has 3 fully saturated rings. The molecule has 2 spiro atoms. The molecule has 1 amide bonds. The maximum Gasteiger partial charge on any atom is 0.243 e. The normalized spacial score (nSPS) is 27.9. The fraction of sp³-hybridized carbons (Fsp3) is 0.667. The van der Waals surface area contributed by atoms with Crippen molar-refractivity contribution in [2.24, 2.45) is 16.7 Å². The Labute approximate surface area is 172 Å². The monoisotopic (exact) mass is 423 g/mol. The van der Waals surface area contributed by atoms with Crippen molar-refractivity contribution in [2.45, 2.75) is 38.0 Å². The van der Waals surface area contributed by atoms with E-state index in [-0.39, 0.29) is 16.2 Å². The van der Waals surface area contributed by atoms with Gasteiger partial charge in [0.2, 0.25) is 15.9 Å². The molecule has 0 aromatic heterocycles. The molecule has 1 unspecified atom stereocenters. The quantitative estimate of drug-likeness (QED) is 0.805. The minimum atomic E-state index is -3.65. The Morgan fingerprint density at radius 2 is 1.76 bits per heavy atom. The van der Waals surface area contributed by atoms with Crippen LogP contribution in [0.2, 0.25) is 0 Å². The fourth-order valence-electron chi connectivity index (χ4n) is 5.71. The van der Waals surface area contributed by atoms with Gasteiger partial charge < -0.3 is 10.2 Å². The van der Waals surface area contributed by atoms with Crippen LogP contribution < -0.4 is 5.32 Å². The van der Waals surface area contributed by atoms with E-state index in [1.807, 2.05) is 0 Å². The average Bonchev–Trinajstić information content (AvgIpc) is 3.17. The molecule has 3 heterocycles. The minimum Gasteiger partial charge on any atom is -0.356 e. The van der Waals surface area contributed by atoms with Crippen molar-refractivity contribution in [3.8, 4) is 0 Å². The molecular formula is C21H30FN3O3S. The van der Waals surface area contributed by atoms with Gasteiger partial charge in [-0.3, -0.25) is 4.79 Å². The molecule has 0 aliphatic carbocycles. The van der Waals surface area contributed by atoms with Crippen LogP contribution in [-0.2, 0) is 14.8 Å². The van der Waals surface area contributed by atoms with Crippen LogP contribution in [0.5, 0.6) is 0 Å². The molecule has 3 aliphatic rings. The second kappa shape index (κ2) is 7.32. The first-order valence-electron chi connectivity index (χ1n) is 10.4. The van der Waals surface area contributed by atoms with Crippen molar-refractivity contribution < 1.29 is 17.6 Å². The van der Waals surface area contributed by atoms with E-state index in [0.717, 1.165) is 26.1 Å². The summed E-state index contributed by atoms with van der Waals surface area (Å²) < 4.78 is 40.7.